The van der Waals surface area contributed by atoms with Crippen molar-refractivity contribution in [2.45, 2.75) is 0 Å². The van der Waals surface area contributed by atoms with E-state index in [2.05, 4.69) is 63.3 Å². The third-order valence-corrected chi connectivity index (χ3v) is 6.23. The van der Waals surface area contributed by atoms with Crippen LogP contribution in [0.5, 0.6) is 0 Å². The van der Waals surface area contributed by atoms with Crippen LogP contribution >= 0.6 is 12.4 Å². The van der Waals surface area contributed by atoms with Gasteiger partial charge in [-0.1, -0.05) is 36.9 Å². The van der Waals surface area contributed by atoms with Crippen LogP contribution in [0.4, 0.5) is 23.0 Å². The Morgan fingerprint density at radius 2 is 1.72 bits per heavy atom. The molecule has 36 heavy (non-hydrogen) atoms. The number of fused-ring (bicyclic) bond motifs is 1. The zero-order valence-corrected chi connectivity index (χ0v) is 21.0. The fourth-order valence-corrected chi connectivity index (χ4v) is 4.26. The van der Waals surface area contributed by atoms with Crippen LogP contribution in [0.25, 0.3) is 22.0 Å². The van der Waals surface area contributed by atoms with Gasteiger partial charge in [-0.25, -0.2) is 9.97 Å². The van der Waals surface area contributed by atoms with Crippen molar-refractivity contribution in [2.24, 2.45) is 0 Å². The van der Waals surface area contributed by atoms with Gasteiger partial charge < -0.3 is 20.4 Å². The molecule has 7 nitrogen and oxygen atoms in total. The van der Waals surface area contributed by atoms with Crippen molar-refractivity contribution in [1.29, 1.82) is 0 Å². The lowest BCUT2D eigenvalue weighted by Crippen LogP contribution is -2.44. The maximum absolute atomic E-state index is 11.7. The number of aromatic nitrogens is 2. The first kappa shape index (κ1) is 25.2. The summed E-state index contributed by atoms with van der Waals surface area (Å²) in [4.78, 5) is 25.8. The largest absolute Gasteiger partial charge is 0.369 e. The average Bonchev–Trinajstić information content (AvgIpc) is 2.89. The van der Waals surface area contributed by atoms with Gasteiger partial charge in [-0.15, -0.1) is 12.4 Å². The number of nitrogens with one attached hydrogen (secondary N) is 2. The van der Waals surface area contributed by atoms with E-state index < -0.39 is 0 Å². The summed E-state index contributed by atoms with van der Waals surface area (Å²) < 4.78 is 0. The molecule has 1 aromatic heterocycles. The Bertz CT molecular complexity index is 1370. The van der Waals surface area contributed by atoms with Gasteiger partial charge >= 0.3 is 0 Å². The zero-order chi connectivity index (χ0) is 24.2. The second kappa shape index (κ2) is 11.2. The van der Waals surface area contributed by atoms with Crippen LogP contribution in [0.3, 0.4) is 0 Å². The van der Waals surface area contributed by atoms with Crippen LogP contribution in [0.1, 0.15) is 0 Å². The smallest absolute Gasteiger partial charge is 0.247 e. The molecule has 0 spiro atoms. The highest BCUT2D eigenvalue weighted by Gasteiger charge is 2.14. The van der Waals surface area contributed by atoms with Crippen molar-refractivity contribution in [1.82, 2.24) is 14.9 Å². The van der Waals surface area contributed by atoms with E-state index >= 15 is 0 Å². The van der Waals surface area contributed by atoms with E-state index in [1.54, 1.807) is 0 Å². The second-order valence-corrected chi connectivity index (χ2v) is 8.67. The highest BCUT2D eigenvalue weighted by atomic mass is 35.5. The molecule has 1 saturated heterocycles. The van der Waals surface area contributed by atoms with Crippen molar-refractivity contribution in [2.75, 3.05) is 48.8 Å². The average molecular weight is 501 g/mol. The molecule has 0 atom stereocenters. The maximum atomic E-state index is 11.7. The zero-order valence-electron chi connectivity index (χ0n) is 20.1. The Morgan fingerprint density at radius 1 is 0.972 bits per heavy atom. The summed E-state index contributed by atoms with van der Waals surface area (Å²) in [6.45, 7) is 7.75. The number of likely N-dealkylation sites (N-methyl/N-ethyl adjacent to an activating group) is 1. The maximum Gasteiger partial charge on any atom is 0.247 e. The van der Waals surface area contributed by atoms with Crippen LogP contribution in [0.15, 0.2) is 85.6 Å². The van der Waals surface area contributed by atoms with Gasteiger partial charge in [0.05, 0.1) is 5.52 Å². The molecule has 2 heterocycles. The van der Waals surface area contributed by atoms with Crippen LogP contribution in [0.2, 0.25) is 0 Å². The predicted molar refractivity (Wildman–Crippen MR) is 150 cm³/mol. The van der Waals surface area contributed by atoms with Gasteiger partial charge in [-0.2, -0.15) is 0 Å². The van der Waals surface area contributed by atoms with Crippen LogP contribution in [-0.4, -0.2) is 54.0 Å². The molecule has 3 aromatic carbocycles. The third-order valence-electron chi connectivity index (χ3n) is 6.23. The lowest BCUT2D eigenvalue weighted by atomic mass is 10.0. The van der Waals surface area contributed by atoms with E-state index in [0.29, 0.717) is 11.6 Å². The highest BCUT2D eigenvalue weighted by Crippen LogP contribution is 2.30. The number of nitrogens with zero attached hydrogens (tertiary/aromatic N) is 4. The summed E-state index contributed by atoms with van der Waals surface area (Å²) in [6.07, 6.45) is 3.09. The Labute approximate surface area is 217 Å². The van der Waals surface area contributed by atoms with Gasteiger partial charge in [0.25, 0.3) is 0 Å². The normalized spacial score (nSPS) is 13.6. The number of piperazine rings is 1. The summed E-state index contributed by atoms with van der Waals surface area (Å²) in [7, 11) is 2.16. The fourth-order valence-electron chi connectivity index (χ4n) is 4.26. The summed E-state index contributed by atoms with van der Waals surface area (Å²) in [5.41, 5.74) is 5.64. The first-order valence-electron chi connectivity index (χ1n) is 11.7. The molecule has 2 N–H and O–H groups in total. The van der Waals surface area contributed by atoms with E-state index in [1.165, 1.54) is 11.8 Å². The molecule has 8 heteroatoms. The Kier molecular flexibility index (Phi) is 7.83. The molecule has 0 unspecified atom stereocenters. The van der Waals surface area contributed by atoms with Crippen LogP contribution in [0, 0.1) is 0 Å². The van der Waals surface area contributed by atoms with Gasteiger partial charge in [0, 0.05) is 60.4 Å². The number of rotatable bonds is 6. The quantitative estimate of drug-likeness (QED) is 0.348. The molecule has 1 aliphatic rings. The summed E-state index contributed by atoms with van der Waals surface area (Å²) >= 11 is 0. The first-order chi connectivity index (χ1) is 17.1. The minimum atomic E-state index is -0.243. The first-order valence-corrected chi connectivity index (χ1v) is 11.7. The Balaban J connectivity index is 0.00000304. The highest BCUT2D eigenvalue weighted by molar-refractivity contribution is 6.00. The van der Waals surface area contributed by atoms with Crippen molar-refractivity contribution in [3.8, 4) is 11.1 Å². The molecular weight excluding hydrogens is 472 g/mol. The number of amides is 1. The van der Waals surface area contributed by atoms with Crippen LogP contribution < -0.4 is 15.5 Å². The van der Waals surface area contributed by atoms with E-state index in [0.717, 1.165) is 53.9 Å². The van der Waals surface area contributed by atoms with Crippen molar-refractivity contribution < 1.29 is 4.79 Å². The molecule has 1 aliphatic heterocycles. The fraction of sp³-hybridized carbons (Fsp3) is 0.179. The summed E-state index contributed by atoms with van der Waals surface area (Å²) in [6, 6.07) is 22.1. The molecule has 1 amide bonds. The van der Waals surface area contributed by atoms with Gasteiger partial charge in [0.2, 0.25) is 11.9 Å². The van der Waals surface area contributed by atoms with E-state index in [4.69, 9.17) is 4.98 Å². The number of para-hydroxylation sites is 1. The van der Waals surface area contributed by atoms with Gasteiger partial charge in [0.15, 0.2) is 0 Å². The van der Waals surface area contributed by atoms with Crippen molar-refractivity contribution in [3.63, 3.8) is 0 Å². The molecule has 5 rings (SSSR count). The number of hydrogen-bond acceptors (Lipinski definition) is 6. The van der Waals surface area contributed by atoms with Crippen LogP contribution in [-0.2, 0) is 4.79 Å². The molecule has 0 aliphatic carbocycles. The number of carbonyl (C=O) groups excluding carboxylic acids is 1. The molecular formula is C28H29ClN6O. The van der Waals surface area contributed by atoms with E-state index in [9.17, 15) is 4.79 Å². The Hall–Kier alpha value is -3.94. The van der Waals surface area contributed by atoms with E-state index in [-0.39, 0.29) is 18.3 Å². The minimum absolute atomic E-state index is 0. The van der Waals surface area contributed by atoms with Gasteiger partial charge in [-0.3, -0.25) is 4.79 Å². The molecule has 0 bridgehead atoms. The number of benzene rings is 3. The van der Waals surface area contributed by atoms with Gasteiger partial charge in [0.1, 0.15) is 0 Å². The molecule has 184 valence electrons. The number of halogens is 1. The lowest BCUT2D eigenvalue weighted by Gasteiger charge is -2.34. The van der Waals surface area contributed by atoms with Crippen molar-refractivity contribution in [3.05, 3.63) is 85.6 Å². The van der Waals surface area contributed by atoms with E-state index in [1.807, 2.05) is 48.7 Å². The molecule has 1 fully saturated rings. The summed E-state index contributed by atoms with van der Waals surface area (Å²) in [5, 5.41) is 7.10. The lowest BCUT2D eigenvalue weighted by molar-refractivity contribution is -0.111. The predicted octanol–water partition coefficient (Wildman–Crippen LogP) is 5.34. The number of carbonyl (C=O) groups is 1. The minimum Gasteiger partial charge on any atom is -0.369 e. The topological polar surface area (TPSA) is 73.4 Å². The number of hydrogen-bond donors (Lipinski definition) is 2. The molecule has 4 aromatic rings. The third kappa shape index (κ3) is 5.64. The number of anilines is 4. The van der Waals surface area contributed by atoms with Crippen molar-refractivity contribution >= 4 is 52.2 Å². The van der Waals surface area contributed by atoms with Gasteiger partial charge in [-0.05, 0) is 55.1 Å². The second-order valence-electron chi connectivity index (χ2n) is 8.67. The standard InChI is InChI=1S/C28H28N6O.ClH/c1-3-26(35)30-23-8-4-6-20(18-23)25-9-5-7-21-19-29-28(32-27(21)25)31-22-10-12-24(13-11-22)34-16-14-33(2)15-17-34;/h3-13,18-19H,1,14-17H2,2H3,(H,30,35)(H,29,31,32);1H. The summed E-state index contributed by atoms with van der Waals surface area (Å²) in [5.74, 6) is 0.293. The Morgan fingerprint density at radius 3 is 2.47 bits per heavy atom. The molecule has 0 saturated carbocycles. The SMILES string of the molecule is C=CC(=O)Nc1cccc(-c2cccc3cnc(Nc4ccc(N5CCN(C)CC5)cc4)nc23)c1.Cl. The monoisotopic (exact) mass is 500 g/mol. The molecule has 0 radical (unpaired) electrons.